The number of fused-ring (bicyclic) bond motifs is 1. The van der Waals surface area contributed by atoms with Crippen LogP contribution in [0, 0.1) is 0 Å². The number of hydrogen-bond acceptors (Lipinski definition) is 6. The van der Waals surface area contributed by atoms with Crippen LogP contribution in [-0.2, 0) is 16.3 Å². The fourth-order valence-corrected chi connectivity index (χ4v) is 4.96. The summed E-state index contributed by atoms with van der Waals surface area (Å²) in [7, 11) is -2.70. The van der Waals surface area contributed by atoms with Crippen molar-refractivity contribution >= 4 is 32.9 Å². The second-order valence-corrected chi connectivity index (χ2v) is 9.43. The summed E-state index contributed by atoms with van der Waals surface area (Å²) < 4.78 is 32.7. The molecule has 0 amide bonds. The maximum Gasteiger partial charge on any atom is 0.210 e. The lowest BCUT2D eigenvalue weighted by Gasteiger charge is -2.11. The maximum absolute atomic E-state index is 13.0. The lowest BCUT2D eigenvalue weighted by atomic mass is 10.0. The van der Waals surface area contributed by atoms with Crippen LogP contribution >= 0.6 is 11.6 Å². The minimum Gasteiger partial charge on any atom is -0.503 e. The molecule has 2 aromatic heterocycles. The predicted molar refractivity (Wildman–Crippen MR) is 119 cm³/mol. The molecule has 0 aliphatic carbocycles. The third-order valence-electron chi connectivity index (χ3n) is 5.13. The molecule has 0 aliphatic rings. The number of pyridine rings is 1. The molecule has 0 saturated carbocycles. The molecule has 4 rings (SSSR count). The van der Waals surface area contributed by atoms with E-state index in [1.165, 1.54) is 31.4 Å². The van der Waals surface area contributed by atoms with Gasteiger partial charge in [-0.25, -0.2) is 13.4 Å². The quantitative estimate of drug-likeness (QED) is 0.403. The van der Waals surface area contributed by atoms with Crippen molar-refractivity contribution in [2.75, 3.05) is 7.11 Å². The number of halogens is 1. The number of ether oxygens (including phenoxy) is 1. The molecule has 4 aromatic rings. The summed E-state index contributed by atoms with van der Waals surface area (Å²) >= 11 is 5.93. The van der Waals surface area contributed by atoms with Gasteiger partial charge in [-0.05, 0) is 48.4 Å². The largest absolute Gasteiger partial charge is 0.503 e. The van der Waals surface area contributed by atoms with Gasteiger partial charge in [-0.3, -0.25) is 4.79 Å². The number of carbonyl (C=O) groups excluding carboxylic acids is 1. The van der Waals surface area contributed by atoms with Gasteiger partial charge in [-0.15, -0.1) is 0 Å². The Labute approximate surface area is 189 Å². The summed E-state index contributed by atoms with van der Waals surface area (Å²) in [6.07, 6.45) is 5.92. The van der Waals surface area contributed by atoms with E-state index in [0.717, 1.165) is 11.2 Å². The highest BCUT2D eigenvalue weighted by Crippen LogP contribution is 2.40. The molecule has 2 heterocycles. The van der Waals surface area contributed by atoms with Crippen LogP contribution in [0.1, 0.15) is 22.3 Å². The van der Waals surface area contributed by atoms with Crippen LogP contribution in [0.15, 0.2) is 76.9 Å². The van der Waals surface area contributed by atoms with Crippen molar-refractivity contribution in [3.05, 3.63) is 83.3 Å². The number of nitrogens with zero attached hydrogens (tertiary/aromatic N) is 2. The lowest BCUT2D eigenvalue weighted by molar-refractivity contribution is 0.0982. The monoisotopic (exact) mass is 470 g/mol. The molecule has 0 atom stereocenters. The van der Waals surface area contributed by atoms with E-state index in [2.05, 4.69) is 4.98 Å². The average molecular weight is 471 g/mol. The Morgan fingerprint density at radius 3 is 2.59 bits per heavy atom. The molecular weight excluding hydrogens is 452 g/mol. The summed E-state index contributed by atoms with van der Waals surface area (Å²) in [6.45, 7) is 0. The van der Waals surface area contributed by atoms with E-state index in [9.17, 15) is 18.3 Å². The van der Waals surface area contributed by atoms with Gasteiger partial charge in [0.1, 0.15) is 10.5 Å². The minimum atomic E-state index is -3.99. The average Bonchev–Trinajstić information content (AvgIpc) is 3.26. The first-order valence-corrected chi connectivity index (χ1v) is 11.5. The molecule has 9 heteroatoms. The Balaban J connectivity index is 1.49. The Morgan fingerprint density at radius 1 is 1.12 bits per heavy atom. The van der Waals surface area contributed by atoms with Crippen LogP contribution in [0.5, 0.6) is 11.5 Å². The molecule has 164 valence electrons. The maximum atomic E-state index is 13.0. The number of aromatic hydroxyl groups is 1. The van der Waals surface area contributed by atoms with Crippen molar-refractivity contribution < 1.29 is 23.1 Å². The zero-order valence-electron chi connectivity index (χ0n) is 17.0. The van der Waals surface area contributed by atoms with Crippen LogP contribution in [0.4, 0.5) is 0 Å². The fourth-order valence-electron chi connectivity index (χ4n) is 3.39. The first kappa shape index (κ1) is 21.9. The number of aromatic nitrogens is 2. The van der Waals surface area contributed by atoms with Crippen molar-refractivity contribution in [3.63, 3.8) is 0 Å². The molecule has 0 spiro atoms. The van der Waals surface area contributed by atoms with Gasteiger partial charge < -0.3 is 14.2 Å². The zero-order chi connectivity index (χ0) is 22.9. The van der Waals surface area contributed by atoms with Crippen LogP contribution in [-0.4, -0.2) is 35.8 Å². The van der Waals surface area contributed by atoms with E-state index in [-0.39, 0.29) is 32.8 Å². The molecular formula is C23H19ClN2O5S. The second-order valence-electron chi connectivity index (χ2n) is 7.11. The number of Topliss-reactive ketones (excluding diaryl/α,β-unsaturated/α-hetero) is 1. The van der Waals surface area contributed by atoms with Gasteiger partial charge in [0.05, 0.1) is 17.0 Å². The molecule has 0 saturated heterocycles. The van der Waals surface area contributed by atoms with E-state index in [1.807, 2.05) is 0 Å². The van der Waals surface area contributed by atoms with Crippen LogP contribution in [0.3, 0.4) is 0 Å². The highest BCUT2D eigenvalue weighted by atomic mass is 35.5. The van der Waals surface area contributed by atoms with E-state index in [1.54, 1.807) is 47.3 Å². The zero-order valence-corrected chi connectivity index (χ0v) is 18.6. The summed E-state index contributed by atoms with van der Waals surface area (Å²) in [6, 6.07) is 12.3. The third kappa shape index (κ3) is 4.06. The van der Waals surface area contributed by atoms with Gasteiger partial charge in [-0.1, -0.05) is 23.7 Å². The smallest absolute Gasteiger partial charge is 0.210 e. The van der Waals surface area contributed by atoms with Crippen LogP contribution < -0.4 is 4.74 Å². The van der Waals surface area contributed by atoms with Gasteiger partial charge in [0.15, 0.2) is 17.3 Å². The van der Waals surface area contributed by atoms with Gasteiger partial charge in [-0.2, -0.15) is 0 Å². The van der Waals surface area contributed by atoms with Gasteiger partial charge in [0, 0.05) is 30.6 Å². The number of aryl methyl sites for hydroxylation is 1. The third-order valence-corrected chi connectivity index (χ3v) is 7.22. The Hall–Kier alpha value is -3.36. The van der Waals surface area contributed by atoms with Crippen molar-refractivity contribution in [1.29, 1.82) is 0 Å². The number of hydrogen-bond donors (Lipinski definition) is 1. The number of methoxy groups -OCH3 is 1. The summed E-state index contributed by atoms with van der Waals surface area (Å²) in [5.41, 5.74) is 2.17. The summed E-state index contributed by atoms with van der Waals surface area (Å²) in [5.74, 6) is -0.656. The number of phenols is 1. The highest BCUT2D eigenvalue weighted by molar-refractivity contribution is 7.91. The van der Waals surface area contributed by atoms with Gasteiger partial charge in [0.2, 0.25) is 9.84 Å². The molecule has 1 N–H and O–H groups in total. The minimum absolute atomic E-state index is 0.0119. The molecule has 32 heavy (non-hydrogen) atoms. The van der Waals surface area contributed by atoms with E-state index >= 15 is 0 Å². The molecule has 0 unspecified atom stereocenters. The molecule has 0 aliphatic heterocycles. The highest BCUT2D eigenvalue weighted by Gasteiger charge is 2.25. The van der Waals surface area contributed by atoms with Crippen molar-refractivity contribution in [2.45, 2.75) is 22.6 Å². The molecule has 7 nitrogen and oxygen atoms in total. The predicted octanol–water partition coefficient (Wildman–Crippen LogP) is 4.35. The topological polar surface area (TPSA) is 98.0 Å². The Kier molecular flexibility index (Phi) is 5.90. The van der Waals surface area contributed by atoms with E-state index in [0.29, 0.717) is 12.0 Å². The van der Waals surface area contributed by atoms with Crippen molar-refractivity contribution in [2.24, 2.45) is 0 Å². The summed E-state index contributed by atoms with van der Waals surface area (Å²) in [4.78, 5) is 16.4. The number of rotatable bonds is 7. The number of phenolic OH excluding ortho intramolecular Hbond substituents is 1. The molecule has 0 bridgehead atoms. The lowest BCUT2D eigenvalue weighted by Crippen LogP contribution is -2.05. The Bertz CT molecular complexity index is 1410. The van der Waals surface area contributed by atoms with E-state index in [4.69, 9.17) is 16.3 Å². The number of imidazole rings is 1. The number of sulfone groups is 1. The SMILES string of the molecule is COc1c(Cl)ccc(S(=O)(=O)c2ccc(CCC(=O)c3ccc4nccn4c3)cc2)c1O. The van der Waals surface area contributed by atoms with Crippen LogP contribution in [0.25, 0.3) is 5.65 Å². The van der Waals surface area contributed by atoms with Gasteiger partial charge in [0.25, 0.3) is 0 Å². The number of carbonyl (C=O) groups is 1. The normalized spacial score (nSPS) is 11.6. The first-order valence-electron chi connectivity index (χ1n) is 9.66. The fraction of sp³-hybridized carbons (Fsp3) is 0.130. The molecule has 2 aromatic carbocycles. The van der Waals surface area contributed by atoms with Crippen molar-refractivity contribution in [3.8, 4) is 11.5 Å². The molecule has 0 radical (unpaired) electrons. The molecule has 0 fully saturated rings. The number of ketones is 1. The number of benzene rings is 2. The van der Waals surface area contributed by atoms with Crippen LogP contribution in [0.2, 0.25) is 5.02 Å². The summed E-state index contributed by atoms with van der Waals surface area (Å²) in [5, 5.41) is 10.4. The standard InChI is InChI=1S/C23H19ClN2O5S/c1-31-23-18(24)8-10-20(22(23)28)32(29,30)17-6-2-15(3-7-17)4-9-19(27)16-5-11-21-25-12-13-26(21)14-16/h2-3,5-8,10-14,28H,4,9H2,1H3. The first-order chi connectivity index (χ1) is 15.3. The second kappa shape index (κ2) is 8.64. The van der Waals surface area contributed by atoms with E-state index < -0.39 is 15.6 Å². The Morgan fingerprint density at radius 2 is 1.88 bits per heavy atom. The van der Waals surface area contributed by atoms with Gasteiger partial charge >= 0.3 is 0 Å². The van der Waals surface area contributed by atoms with Crippen molar-refractivity contribution in [1.82, 2.24) is 9.38 Å².